The maximum Gasteiger partial charge on any atom is 0.0790 e. The lowest BCUT2D eigenvalue weighted by Gasteiger charge is -2.14. The fourth-order valence-corrected chi connectivity index (χ4v) is 2.50. The van der Waals surface area contributed by atoms with E-state index in [1.807, 2.05) is 18.7 Å². The summed E-state index contributed by atoms with van der Waals surface area (Å²) >= 11 is 1.81. The van der Waals surface area contributed by atoms with Crippen LogP contribution in [0.1, 0.15) is 32.3 Å². The smallest absolute Gasteiger partial charge is 0.0790 e. The fourth-order valence-electron chi connectivity index (χ4n) is 1.56. The molecule has 0 saturated carbocycles. The first-order chi connectivity index (χ1) is 8.17. The van der Waals surface area contributed by atoms with Gasteiger partial charge in [0, 0.05) is 23.8 Å². The van der Waals surface area contributed by atoms with E-state index in [4.69, 9.17) is 10.5 Å². The van der Waals surface area contributed by atoms with Gasteiger partial charge in [0.1, 0.15) is 0 Å². The van der Waals surface area contributed by atoms with Crippen LogP contribution in [0.4, 0.5) is 0 Å². The standard InChI is InChI=1S/C14H23NOS/c1-4-16-13(9-15)10-17-14-7-5-12(6-8-14)11(2)3/h5-8,11,13H,4,9-10,15H2,1-3H3. The van der Waals surface area contributed by atoms with E-state index >= 15 is 0 Å². The molecule has 1 rings (SSSR count). The Kier molecular flexibility index (Phi) is 6.63. The first kappa shape index (κ1) is 14.6. The number of nitrogens with two attached hydrogens (primary N) is 1. The maximum absolute atomic E-state index is 5.65. The maximum atomic E-state index is 5.65. The number of ether oxygens (including phenoxy) is 1. The Labute approximate surface area is 109 Å². The van der Waals surface area contributed by atoms with Gasteiger partial charge in [-0.15, -0.1) is 11.8 Å². The Hall–Kier alpha value is -0.510. The third-order valence-electron chi connectivity index (χ3n) is 2.65. The Balaban J connectivity index is 2.46. The molecule has 0 spiro atoms. The van der Waals surface area contributed by atoms with Gasteiger partial charge in [-0.1, -0.05) is 26.0 Å². The van der Waals surface area contributed by atoms with Crippen LogP contribution in [-0.2, 0) is 4.74 Å². The Morgan fingerprint density at radius 3 is 2.35 bits per heavy atom. The van der Waals surface area contributed by atoms with E-state index < -0.39 is 0 Å². The van der Waals surface area contributed by atoms with Crippen molar-refractivity contribution >= 4 is 11.8 Å². The zero-order valence-electron chi connectivity index (χ0n) is 11.0. The van der Waals surface area contributed by atoms with E-state index in [0.29, 0.717) is 12.5 Å². The molecule has 0 fully saturated rings. The molecule has 1 unspecified atom stereocenters. The monoisotopic (exact) mass is 253 g/mol. The minimum Gasteiger partial charge on any atom is -0.376 e. The van der Waals surface area contributed by atoms with Gasteiger partial charge in [-0.25, -0.2) is 0 Å². The largest absolute Gasteiger partial charge is 0.376 e. The van der Waals surface area contributed by atoms with Crippen LogP contribution in [0.5, 0.6) is 0 Å². The summed E-state index contributed by atoms with van der Waals surface area (Å²) in [6.07, 6.45) is 0.162. The van der Waals surface area contributed by atoms with Gasteiger partial charge in [0.25, 0.3) is 0 Å². The SMILES string of the molecule is CCOC(CN)CSc1ccc(C(C)C)cc1. The van der Waals surface area contributed by atoms with Crippen LogP contribution in [0, 0.1) is 0 Å². The number of hydrogen-bond acceptors (Lipinski definition) is 3. The number of hydrogen-bond donors (Lipinski definition) is 1. The van der Waals surface area contributed by atoms with Crippen molar-refractivity contribution in [1.29, 1.82) is 0 Å². The van der Waals surface area contributed by atoms with Gasteiger partial charge in [-0.05, 0) is 30.5 Å². The molecule has 1 aromatic rings. The van der Waals surface area contributed by atoms with E-state index in [1.165, 1.54) is 10.5 Å². The molecule has 0 aliphatic heterocycles. The van der Waals surface area contributed by atoms with E-state index in [-0.39, 0.29) is 6.10 Å². The first-order valence-electron chi connectivity index (χ1n) is 6.21. The molecule has 1 aromatic carbocycles. The lowest BCUT2D eigenvalue weighted by molar-refractivity contribution is 0.0858. The molecule has 0 saturated heterocycles. The van der Waals surface area contributed by atoms with Gasteiger partial charge in [0.05, 0.1) is 6.10 Å². The second-order valence-corrected chi connectivity index (χ2v) is 5.44. The Bertz CT molecular complexity index is 311. The van der Waals surface area contributed by atoms with Gasteiger partial charge in [0.15, 0.2) is 0 Å². The number of rotatable bonds is 7. The molecule has 0 aliphatic rings. The number of thioether (sulfide) groups is 1. The molecular formula is C14H23NOS. The van der Waals surface area contributed by atoms with Gasteiger partial charge < -0.3 is 10.5 Å². The summed E-state index contributed by atoms with van der Waals surface area (Å²) in [7, 11) is 0. The predicted octanol–water partition coefficient (Wildman–Crippen LogP) is 3.27. The topological polar surface area (TPSA) is 35.2 Å². The molecule has 2 nitrogen and oxygen atoms in total. The van der Waals surface area contributed by atoms with Crippen LogP contribution in [0.3, 0.4) is 0 Å². The molecule has 0 radical (unpaired) electrons. The molecular weight excluding hydrogens is 230 g/mol. The van der Waals surface area contributed by atoms with Crippen molar-refractivity contribution in [3.63, 3.8) is 0 Å². The van der Waals surface area contributed by atoms with Crippen LogP contribution in [0.25, 0.3) is 0 Å². The summed E-state index contributed by atoms with van der Waals surface area (Å²) in [5, 5.41) is 0. The van der Waals surface area contributed by atoms with Crippen molar-refractivity contribution in [2.75, 3.05) is 18.9 Å². The molecule has 0 aliphatic carbocycles. The Morgan fingerprint density at radius 2 is 1.88 bits per heavy atom. The summed E-state index contributed by atoms with van der Waals surface area (Å²) < 4.78 is 5.53. The zero-order chi connectivity index (χ0) is 12.7. The minimum atomic E-state index is 0.162. The predicted molar refractivity (Wildman–Crippen MR) is 75.7 cm³/mol. The van der Waals surface area contributed by atoms with Crippen molar-refractivity contribution in [1.82, 2.24) is 0 Å². The summed E-state index contributed by atoms with van der Waals surface area (Å²) in [4.78, 5) is 1.28. The van der Waals surface area contributed by atoms with Gasteiger partial charge in [0.2, 0.25) is 0 Å². The van der Waals surface area contributed by atoms with Crippen LogP contribution in [0.15, 0.2) is 29.2 Å². The van der Waals surface area contributed by atoms with E-state index in [0.717, 1.165) is 12.4 Å². The van der Waals surface area contributed by atoms with Crippen molar-refractivity contribution in [3.8, 4) is 0 Å². The van der Waals surface area contributed by atoms with Crippen LogP contribution in [0.2, 0.25) is 0 Å². The quantitative estimate of drug-likeness (QED) is 0.758. The second-order valence-electron chi connectivity index (χ2n) is 4.35. The van der Waals surface area contributed by atoms with Crippen molar-refractivity contribution in [2.45, 2.75) is 37.7 Å². The van der Waals surface area contributed by atoms with Gasteiger partial charge in [-0.2, -0.15) is 0 Å². The molecule has 3 heteroatoms. The highest BCUT2D eigenvalue weighted by atomic mass is 32.2. The first-order valence-corrected chi connectivity index (χ1v) is 7.20. The van der Waals surface area contributed by atoms with Crippen molar-refractivity contribution in [3.05, 3.63) is 29.8 Å². The van der Waals surface area contributed by atoms with Gasteiger partial charge >= 0.3 is 0 Å². The fraction of sp³-hybridized carbons (Fsp3) is 0.571. The lowest BCUT2D eigenvalue weighted by Crippen LogP contribution is -2.26. The second kappa shape index (κ2) is 7.75. The van der Waals surface area contributed by atoms with Crippen molar-refractivity contribution in [2.24, 2.45) is 5.73 Å². The molecule has 0 bridgehead atoms. The Morgan fingerprint density at radius 1 is 1.24 bits per heavy atom. The molecule has 1 atom stereocenters. The normalized spacial score (nSPS) is 13.0. The molecule has 17 heavy (non-hydrogen) atoms. The third-order valence-corrected chi connectivity index (χ3v) is 3.79. The third kappa shape index (κ3) is 5.11. The van der Waals surface area contributed by atoms with Crippen LogP contribution >= 0.6 is 11.8 Å². The average molecular weight is 253 g/mol. The highest BCUT2D eigenvalue weighted by Crippen LogP contribution is 2.22. The summed E-state index contributed by atoms with van der Waals surface area (Å²) in [5.74, 6) is 1.51. The van der Waals surface area contributed by atoms with Crippen LogP contribution < -0.4 is 5.73 Å². The van der Waals surface area contributed by atoms with E-state index in [1.54, 1.807) is 0 Å². The molecule has 0 heterocycles. The van der Waals surface area contributed by atoms with Crippen LogP contribution in [-0.4, -0.2) is 25.0 Å². The molecule has 96 valence electrons. The highest BCUT2D eigenvalue weighted by Gasteiger charge is 2.07. The molecule has 2 N–H and O–H groups in total. The highest BCUT2D eigenvalue weighted by molar-refractivity contribution is 7.99. The average Bonchev–Trinajstić information content (AvgIpc) is 2.35. The molecule has 0 amide bonds. The lowest BCUT2D eigenvalue weighted by atomic mass is 10.0. The number of benzene rings is 1. The summed E-state index contributed by atoms with van der Waals surface area (Å²) in [5.41, 5.74) is 7.03. The minimum absolute atomic E-state index is 0.162. The summed E-state index contributed by atoms with van der Waals surface area (Å²) in [6, 6.07) is 8.76. The van der Waals surface area contributed by atoms with E-state index in [2.05, 4.69) is 38.1 Å². The zero-order valence-corrected chi connectivity index (χ0v) is 11.8. The summed E-state index contributed by atoms with van der Waals surface area (Å²) in [6.45, 7) is 7.74. The van der Waals surface area contributed by atoms with Crippen molar-refractivity contribution < 1.29 is 4.74 Å². The molecule has 0 aromatic heterocycles. The van der Waals surface area contributed by atoms with Gasteiger partial charge in [-0.3, -0.25) is 0 Å². The van der Waals surface area contributed by atoms with E-state index in [9.17, 15) is 0 Å².